The van der Waals surface area contributed by atoms with Gasteiger partial charge >= 0.3 is 0 Å². The molecule has 0 radical (unpaired) electrons. The van der Waals surface area contributed by atoms with Gasteiger partial charge in [0.05, 0.1) is 31.4 Å². The molecular formula is C23H31N3O7S. The SMILES string of the molecule is COc1cc(C)c([C@@H](C)NC(=O)CN(c2cc([N+](=O)[O-])ccc2OC)S(C)(=O)=O)cc1C(C)C. The van der Waals surface area contributed by atoms with Gasteiger partial charge in [0.25, 0.3) is 5.69 Å². The summed E-state index contributed by atoms with van der Waals surface area (Å²) in [6.45, 7) is 7.21. The third-order valence-corrected chi connectivity index (χ3v) is 6.54. The fourth-order valence-electron chi connectivity index (χ4n) is 3.67. The van der Waals surface area contributed by atoms with Crippen molar-refractivity contribution in [3.05, 3.63) is 57.1 Å². The molecule has 1 amide bonds. The monoisotopic (exact) mass is 493 g/mol. The minimum absolute atomic E-state index is 0.0875. The van der Waals surface area contributed by atoms with E-state index >= 15 is 0 Å². The maximum atomic E-state index is 12.9. The fourth-order valence-corrected chi connectivity index (χ4v) is 4.53. The Bertz CT molecular complexity index is 1180. The van der Waals surface area contributed by atoms with Gasteiger partial charge in [-0.1, -0.05) is 13.8 Å². The zero-order chi connectivity index (χ0) is 25.8. The van der Waals surface area contributed by atoms with E-state index in [4.69, 9.17) is 9.47 Å². The third-order valence-electron chi connectivity index (χ3n) is 5.41. The Balaban J connectivity index is 2.37. The highest BCUT2D eigenvalue weighted by Crippen LogP contribution is 2.34. The van der Waals surface area contributed by atoms with Crippen LogP contribution in [0.3, 0.4) is 0 Å². The van der Waals surface area contributed by atoms with Crippen LogP contribution in [0.1, 0.15) is 49.4 Å². The molecule has 0 unspecified atom stereocenters. The van der Waals surface area contributed by atoms with Gasteiger partial charge < -0.3 is 14.8 Å². The first-order valence-electron chi connectivity index (χ1n) is 10.6. The number of hydrogen-bond donors (Lipinski definition) is 1. The normalized spacial score (nSPS) is 12.2. The minimum Gasteiger partial charge on any atom is -0.496 e. The molecule has 0 aliphatic carbocycles. The van der Waals surface area contributed by atoms with Gasteiger partial charge in [-0.05, 0) is 54.7 Å². The molecule has 2 aromatic carbocycles. The number of carbonyl (C=O) groups excluding carboxylic acids is 1. The number of sulfonamides is 1. The Morgan fingerprint density at radius 3 is 2.21 bits per heavy atom. The molecule has 2 aromatic rings. The van der Waals surface area contributed by atoms with E-state index in [-0.39, 0.29) is 23.0 Å². The first-order valence-corrected chi connectivity index (χ1v) is 12.4. The Morgan fingerprint density at radius 1 is 1.09 bits per heavy atom. The number of aryl methyl sites for hydroxylation is 1. The van der Waals surface area contributed by atoms with Gasteiger partial charge in [-0.2, -0.15) is 0 Å². The molecule has 0 saturated carbocycles. The van der Waals surface area contributed by atoms with Crippen LogP contribution in [0.4, 0.5) is 11.4 Å². The second-order valence-corrected chi connectivity index (χ2v) is 10.2. The molecule has 186 valence electrons. The van der Waals surface area contributed by atoms with Crippen LogP contribution in [0.25, 0.3) is 0 Å². The molecule has 0 spiro atoms. The first-order chi connectivity index (χ1) is 15.8. The number of methoxy groups -OCH3 is 2. The van der Waals surface area contributed by atoms with Gasteiger partial charge in [0, 0.05) is 12.1 Å². The molecule has 34 heavy (non-hydrogen) atoms. The molecule has 0 aliphatic rings. The lowest BCUT2D eigenvalue weighted by atomic mass is 9.93. The van der Waals surface area contributed by atoms with Crippen LogP contribution in [0.15, 0.2) is 30.3 Å². The van der Waals surface area contributed by atoms with E-state index in [2.05, 4.69) is 5.32 Å². The number of nitrogens with one attached hydrogen (secondary N) is 1. The van der Waals surface area contributed by atoms with Crippen molar-refractivity contribution in [2.45, 2.75) is 39.7 Å². The summed E-state index contributed by atoms with van der Waals surface area (Å²) in [5, 5.41) is 14.0. The Labute approximate surface area is 200 Å². The summed E-state index contributed by atoms with van der Waals surface area (Å²) in [6.07, 6.45) is 0.921. The molecule has 0 heterocycles. The van der Waals surface area contributed by atoms with E-state index in [9.17, 15) is 23.3 Å². The van der Waals surface area contributed by atoms with Crippen molar-refractivity contribution in [1.82, 2.24) is 5.32 Å². The lowest BCUT2D eigenvalue weighted by Gasteiger charge is -2.25. The maximum Gasteiger partial charge on any atom is 0.271 e. The topological polar surface area (TPSA) is 128 Å². The summed E-state index contributed by atoms with van der Waals surface area (Å²) in [7, 11) is -1.05. The number of anilines is 1. The molecule has 1 atom stereocenters. The largest absolute Gasteiger partial charge is 0.496 e. The van der Waals surface area contributed by atoms with Crippen LogP contribution in [-0.2, 0) is 14.8 Å². The summed E-state index contributed by atoms with van der Waals surface area (Å²) in [5.41, 5.74) is 2.35. The van der Waals surface area contributed by atoms with Crippen molar-refractivity contribution in [3.63, 3.8) is 0 Å². The molecule has 0 aromatic heterocycles. The van der Waals surface area contributed by atoms with E-state index in [1.807, 2.05) is 32.9 Å². The minimum atomic E-state index is -3.97. The lowest BCUT2D eigenvalue weighted by Crippen LogP contribution is -2.41. The number of hydrogen-bond acceptors (Lipinski definition) is 7. The molecule has 0 fully saturated rings. The van der Waals surface area contributed by atoms with Gasteiger partial charge in [0.15, 0.2) is 0 Å². The number of non-ortho nitro benzene ring substituents is 1. The molecule has 10 nitrogen and oxygen atoms in total. The zero-order valence-electron chi connectivity index (χ0n) is 20.4. The predicted molar refractivity (Wildman–Crippen MR) is 130 cm³/mol. The maximum absolute atomic E-state index is 12.9. The molecule has 2 rings (SSSR count). The van der Waals surface area contributed by atoms with Crippen molar-refractivity contribution >= 4 is 27.3 Å². The van der Waals surface area contributed by atoms with E-state index in [0.717, 1.165) is 39.1 Å². The number of nitro groups is 1. The third kappa shape index (κ3) is 6.16. The summed E-state index contributed by atoms with van der Waals surface area (Å²) in [6, 6.07) is 7.01. The van der Waals surface area contributed by atoms with Crippen LogP contribution in [0.5, 0.6) is 11.5 Å². The Hall–Kier alpha value is -3.34. The van der Waals surface area contributed by atoms with Crippen LogP contribution in [0, 0.1) is 17.0 Å². The van der Waals surface area contributed by atoms with Crippen LogP contribution >= 0.6 is 0 Å². The highest BCUT2D eigenvalue weighted by Gasteiger charge is 2.27. The van der Waals surface area contributed by atoms with Crippen LogP contribution in [-0.4, -0.2) is 46.3 Å². The van der Waals surface area contributed by atoms with E-state index in [1.54, 1.807) is 14.0 Å². The van der Waals surface area contributed by atoms with Crippen LogP contribution < -0.4 is 19.1 Å². The molecule has 11 heteroatoms. The summed E-state index contributed by atoms with van der Waals surface area (Å²) in [4.78, 5) is 23.5. The second kappa shape index (κ2) is 10.7. The lowest BCUT2D eigenvalue weighted by molar-refractivity contribution is -0.384. The van der Waals surface area contributed by atoms with Crippen molar-refractivity contribution < 1.29 is 27.6 Å². The molecule has 0 bridgehead atoms. The van der Waals surface area contributed by atoms with Crippen molar-refractivity contribution in [2.24, 2.45) is 0 Å². The smallest absolute Gasteiger partial charge is 0.271 e. The van der Waals surface area contributed by atoms with Gasteiger partial charge in [0.2, 0.25) is 15.9 Å². The van der Waals surface area contributed by atoms with Gasteiger partial charge in [0.1, 0.15) is 23.7 Å². The number of rotatable bonds is 10. The molecule has 0 saturated heterocycles. The number of benzene rings is 2. The standard InChI is InChI=1S/C23H31N3O7S/c1-14(2)18-12-19(15(3)10-22(18)33-6)16(4)24-23(27)13-25(34(7,30)31)20-11-17(26(28)29)8-9-21(20)32-5/h8-12,14,16H,13H2,1-7H3,(H,24,27)/t16-/m1/s1. The number of nitro benzene ring substituents is 1. The Morgan fingerprint density at radius 2 is 1.71 bits per heavy atom. The average Bonchev–Trinajstić information content (AvgIpc) is 2.75. The van der Waals surface area contributed by atoms with Crippen LogP contribution in [0.2, 0.25) is 0 Å². The average molecular weight is 494 g/mol. The fraction of sp³-hybridized carbons (Fsp3) is 0.435. The number of carbonyl (C=O) groups is 1. The summed E-state index contributed by atoms with van der Waals surface area (Å²) >= 11 is 0. The highest BCUT2D eigenvalue weighted by atomic mass is 32.2. The number of nitrogens with zero attached hydrogens (tertiary/aromatic N) is 2. The zero-order valence-corrected chi connectivity index (χ0v) is 21.2. The number of ether oxygens (including phenoxy) is 2. The molecular weight excluding hydrogens is 462 g/mol. The van der Waals surface area contributed by atoms with Crippen molar-refractivity contribution in [2.75, 3.05) is 31.3 Å². The summed E-state index contributed by atoms with van der Waals surface area (Å²) < 4.78 is 36.5. The quantitative estimate of drug-likeness (QED) is 0.395. The molecule has 0 aliphatic heterocycles. The first kappa shape index (κ1) is 26.9. The van der Waals surface area contributed by atoms with Gasteiger partial charge in [-0.3, -0.25) is 19.2 Å². The van der Waals surface area contributed by atoms with Crippen molar-refractivity contribution in [3.8, 4) is 11.5 Å². The van der Waals surface area contributed by atoms with E-state index < -0.39 is 33.4 Å². The summed E-state index contributed by atoms with van der Waals surface area (Å²) in [5.74, 6) is 0.465. The second-order valence-electron chi connectivity index (χ2n) is 8.28. The molecule has 1 N–H and O–H groups in total. The van der Waals surface area contributed by atoms with Gasteiger partial charge in [-0.25, -0.2) is 8.42 Å². The number of amides is 1. The van der Waals surface area contributed by atoms with Gasteiger partial charge in [-0.15, -0.1) is 0 Å². The predicted octanol–water partition coefficient (Wildman–Crippen LogP) is 3.69. The Kier molecular flexibility index (Phi) is 8.49. The highest BCUT2D eigenvalue weighted by molar-refractivity contribution is 7.92. The van der Waals surface area contributed by atoms with Crippen molar-refractivity contribution in [1.29, 1.82) is 0 Å². The van der Waals surface area contributed by atoms with E-state index in [1.165, 1.54) is 19.2 Å². The van der Waals surface area contributed by atoms with E-state index in [0.29, 0.717) is 0 Å².